The van der Waals surface area contributed by atoms with E-state index in [1.807, 2.05) is 0 Å². The molecule has 94 valence electrons. The van der Waals surface area contributed by atoms with Crippen LogP contribution in [0.15, 0.2) is 12.4 Å². The molecule has 0 radical (unpaired) electrons. The highest BCUT2D eigenvalue weighted by Crippen LogP contribution is 2.11. The minimum atomic E-state index is -0.740. The molecule has 1 aliphatic rings. The molecule has 1 aromatic rings. The fourth-order valence-corrected chi connectivity index (χ4v) is 1.70. The number of piperazine rings is 1. The Bertz CT molecular complexity index is 534. The van der Waals surface area contributed by atoms with Crippen LogP contribution in [0.1, 0.15) is 17.4 Å². The predicted molar refractivity (Wildman–Crippen MR) is 60.7 cm³/mol. The van der Waals surface area contributed by atoms with E-state index >= 15 is 0 Å². The first-order chi connectivity index (χ1) is 8.49. The number of nitrogens with zero attached hydrogens (tertiary/aromatic N) is 3. The van der Waals surface area contributed by atoms with Crippen molar-refractivity contribution in [3.8, 4) is 0 Å². The molecule has 1 fully saturated rings. The van der Waals surface area contributed by atoms with Crippen molar-refractivity contribution in [2.45, 2.75) is 13.0 Å². The van der Waals surface area contributed by atoms with Gasteiger partial charge in [0.2, 0.25) is 11.8 Å². The van der Waals surface area contributed by atoms with Crippen molar-refractivity contribution < 1.29 is 14.4 Å². The molecule has 1 unspecified atom stereocenters. The van der Waals surface area contributed by atoms with Crippen molar-refractivity contribution in [2.75, 3.05) is 6.54 Å². The van der Waals surface area contributed by atoms with Gasteiger partial charge >= 0.3 is 0 Å². The highest BCUT2D eigenvalue weighted by atomic mass is 35.5. The number of halogens is 1. The number of imide groups is 1. The van der Waals surface area contributed by atoms with Crippen molar-refractivity contribution in [3.05, 3.63) is 23.2 Å². The lowest BCUT2D eigenvalue weighted by Crippen LogP contribution is -2.58. The van der Waals surface area contributed by atoms with Gasteiger partial charge in [-0.25, -0.2) is 4.98 Å². The molecule has 1 aromatic heterocycles. The van der Waals surface area contributed by atoms with E-state index in [0.717, 1.165) is 4.90 Å². The number of carbonyl (C=O) groups excluding carboxylic acids is 3. The average molecular weight is 269 g/mol. The second-order valence-electron chi connectivity index (χ2n) is 3.75. The van der Waals surface area contributed by atoms with Gasteiger partial charge < -0.3 is 4.90 Å². The molecule has 0 aliphatic carbocycles. The Morgan fingerprint density at radius 3 is 2.89 bits per heavy atom. The Kier molecular flexibility index (Phi) is 3.24. The molecular formula is C10H9ClN4O3. The fourth-order valence-electron chi connectivity index (χ4n) is 1.55. The minimum Gasteiger partial charge on any atom is -0.316 e. The highest BCUT2D eigenvalue weighted by molar-refractivity contribution is 6.29. The number of carbonyl (C=O) groups is 3. The van der Waals surface area contributed by atoms with Crippen molar-refractivity contribution in [1.82, 2.24) is 20.2 Å². The second-order valence-corrected chi connectivity index (χ2v) is 4.14. The summed E-state index contributed by atoms with van der Waals surface area (Å²) in [4.78, 5) is 43.4. The first kappa shape index (κ1) is 12.4. The molecule has 2 heterocycles. The zero-order valence-corrected chi connectivity index (χ0v) is 10.1. The molecule has 8 heteroatoms. The summed E-state index contributed by atoms with van der Waals surface area (Å²) in [6.07, 6.45) is 2.52. The van der Waals surface area contributed by atoms with Crippen molar-refractivity contribution in [3.63, 3.8) is 0 Å². The number of amides is 3. The Labute approximate surface area is 107 Å². The minimum absolute atomic E-state index is 0.00292. The summed E-state index contributed by atoms with van der Waals surface area (Å²) in [5.41, 5.74) is -0.00292. The Balaban J connectivity index is 2.27. The molecule has 0 saturated carbocycles. The Morgan fingerprint density at radius 1 is 1.50 bits per heavy atom. The molecule has 1 atom stereocenters. The SMILES string of the molecule is CC1C(=O)NC(=O)CN1C(=O)c1cncc(Cl)n1. The third-order valence-corrected chi connectivity index (χ3v) is 2.69. The van der Waals surface area contributed by atoms with Gasteiger partial charge in [-0.05, 0) is 6.92 Å². The molecule has 18 heavy (non-hydrogen) atoms. The van der Waals surface area contributed by atoms with Gasteiger partial charge in [-0.1, -0.05) is 11.6 Å². The van der Waals surface area contributed by atoms with Gasteiger partial charge in [0, 0.05) is 0 Å². The average Bonchev–Trinajstić information content (AvgIpc) is 2.33. The van der Waals surface area contributed by atoms with Crippen LogP contribution >= 0.6 is 11.6 Å². The lowest BCUT2D eigenvalue weighted by atomic mass is 10.2. The number of aromatic nitrogens is 2. The van der Waals surface area contributed by atoms with E-state index in [1.54, 1.807) is 0 Å². The van der Waals surface area contributed by atoms with Crippen LogP contribution in [-0.2, 0) is 9.59 Å². The maximum atomic E-state index is 12.1. The van der Waals surface area contributed by atoms with E-state index in [2.05, 4.69) is 15.3 Å². The van der Waals surface area contributed by atoms with Crippen LogP contribution in [0.2, 0.25) is 5.15 Å². The summed E-state index contributed by atoms with van der Waals surface area (Å²) < 4.78 is 0. The molecule has 0 spiro atoms. The number of hydrogen-bond acceptors (Lipinski definition) is 5. The van der Waals surface area contributed by atoms with Crippen LogP contribution in [0.5, 0.6) is 0 Å². The van der Waals surface area contributed by atoms with E-state index in [9.17, 15) is 14.4 Å². The Hall–Kier alpha value is -2.02. The first-order valence-corrected chi connectivity index (χ1v) is 5.49. The first-order valence-electron chi connectivity index (χ1n) is 5.11. The van der Waals surface area contributed by atoms with Crippen LogP contribution in [0.25, 0.3) is 0 Å². The van der Waals surface area contributed by atoms with Gasteiger partial charge in [0.05, 0.1) is 12.4 Å². The zero-order chi connectivity index (χ0) is 13.3. The topological polar surface area (TPSA) is 92.3 Å². The van der Waals surface area contributed by atoms with Crippen molar-refractivity contribution in [2.24, 2.45) is 0 Å². The van der Waals surface area contributed by atoms with E-state index in [0.29, 0.717) is 0 Å². The summed E-state index contributed by atoms with van der Waals surface area (Å²) in [5.74, 6) is -1.60. The van der Waals surface area contributed by atoms with E-state index in [-0.39, 0.29) is 17.4 Å². The maximum absolute atomic E-state index is 12.1. The van der Waals surface area contributed by atoms with E-state index in [4.69, 9.17) is 11.6 Å². The van der Waals surface area contributed by atoms with Gasteiger partial charge in [-0.3, -0.25) is 24.7 Å². The van der Waals surface area contributed by atoms with Crippen LogP contribution in [0.4, 0.5) is 0 Å². The summed E-state index contributed by atoms with van der Waals surface area (Å²) in [7, 11) is 0. The largest absolute Gasteiger partial charge is 0.316 e. The summed E-state index contributed by atoms with van der Waals surface area (Å²) in [6.45, 7) is 1.33. The molecule has 1 aliphatic heterocycles. The van der Waals surface area contributed by atoms with Gasteiger partial charge in [0.1, 0.15) is 23.4 Å². The Morgan fingerprint density at radius 2 is 2.22 bits per heavy atom. The normalized spacial score (nSPS) is 19.7. The number of hydrogen-bond donors (Lipinski definition) is 1. The molecule has 7 nitrogen and oxygen atoms in total. The second kappa shape index (κ2) is 4.69. The third-order valence-electron chi connectivity index (χ3n) is 2.51. The monoisotopic (exact) mass is 268 g/mol. The molecule has 1 saturated heterocycles. The standard InChI is InChI=1S/C10H9ClN4O3/c1-5-9(17)14-8(16)4-15(5)10(18)6-2-12-3-7(11)13-6/h2-3,5H,4H2,1H3,(H,14,16,17). The van der Waals surface area contributed by atoms with Crippen LogP contribution in [-0.4, -0.2) is 45.2 Å². The molecule has 2 rings (SSSR count). The van der Waals surface area contributed by atoms with Gasteiger partial charge in [-0.15, -0.1) is 0 Å². The predicted octanol–water partition coefficient (Wildman–Crippen LogP) is -0.383. The van der Waals surface area contributed by atoms with Gasteiger partial charge in [0.15, 0.2) is 0 Å². The quantitative estimate of drug-likeness (QED) is 0.701. The van der Waals surface area contributed by atoms with Crippen molar-refractivity contribution in [1.29, 1.82) is 0 Å². The fraction of sp³-hybridized carbons (Fsp3) is 0.300. The zero-order valence-electron chi connectivity index (χ0n) is 9.38. The molecule has 0 aromatic carbocycles. The molecular weight excluding hydrogens is 260 g/mol. The van der Waals surface area contributed by atoms with Crippen LogP contribution in [0, 0.1) is 0 Å². The summed E-state index contributed by atoms with van der Waals surface area (Å²) >= 11 is 5.63. The van der Waals surface area contributed by atoms with E-state index < -0.39 is 23.8 Å². The maximum Gasteiger partial charge on any atom is 0.275 e. The van der Waals surface area contributed by atoms with Crippen LogP contribution in [0.3, 0.4) is 0 Å². The van der Waals surface area contributed by atoms with Gasteiger partial charge in [0.25, 0.3) is 5.91 Å². The van der Waals surface area contributed by atoms with Crippen LogP contribution < -0.4 is 5.32 Å². The number of rotatable bonds is 1. The van der Waals surface area contributed by atoms with E-state index in [1.165, 1.54) is 19.3 Å². The summed E-state index contributed by atoms with van der Waals surface area (Å²) in [6, 6.07) is -0.740. The highest BCUT2D eigenvalue weighted by Gasteiger charge is 2.34. The third kappa shape index (κ3) is 2.30. The molecule has 1 N–H and O–H groups in total. The smallest absolute Gasteiger partial charge is 0.275 e. The molecule has 0 bridgehead atoms. The number of nitrogens with one attached hydrogen (secondary N) is 1. The molecule has 3 amide bonds. The van der Waals surface area contributed by atoms with Crippen molar-refractivity contribution >= 4 is 29.3 Å². The lowest BCUT2D eigenvalue weighted by Gasteiger charge is -2.31. The summed E-state index contributed by atoms with van der Waals surface area (Å²) in [5, 5.41) is 2.21. The lowest BCUT2D eigenvalue weighted by molar-refractivity contribution is -0.138. The van der Waals surface area contributed by atoms with Gasteiger partial charge in [-0.2, -0.15) is 0 Å².